The van der Waals surface area contributed by atoms with Crippen LogP contribution in [0.1, 0.15) is 47.0 Å². The molecule has 4 unspecified atom stereocenters. The van der Waals surface area contributed by atoms with Crippen LogP contribution in [0, 0.1) is 11.8 Å². The van der Waals surface area contributed by atoms with Crippen molar-refractivity contribution >= 4 is 35.5 Å². The summed E-state index contributed by atoms with van der Waals surface area (Å²) in [5.41, 5.74) is 5.90. The van der Waals surface area contributed by atoms with E-state index in [0.29, 0.717) is 19.3 Å². The van der Waals surface area contributed by atoms with E-state index in [0.717, 1.165) is 5.75 Å². The smallest absolute Gasteiger partial charge is 0.322 e. The van der Waals surface area contributed by atoms with Crippen LogP contribution in [0.5, 0.6) is 0 Å². The van der Waals surface area contributed by atoms with Crippen molar-refractivity contribution in [2.24, 2.45) is 17.6 Å². The number of nitrogens with two attached hydrogens (primary N) is 1. The van der Waals surface area contributed by atoms with Crippen LogP contribution < -0.4 is 21.7 Å². The fourth-order valence-electron chi connectivity index (χ4n) is 2.59. The average Bonchev–Trinajstić information content (AvgIpc) is 2.66. The Bertz CT molecular complexity index is 559. The van der Waals surface area contributed by atoms with E-state index in [1.165, 1.54) is 0 Å². The van der Waals surface area contributed by atoms with Crippen LogP contribution in [0.2, 0.25) is 0 Å². The van der Waals surface area contributed by atoms with Gasteiger partial charge in [-0.2, -0.15) is 11.8 Å². The zero-order valence-electron chi connectivity index (χ0n) is 18.0. The predicted octanol–water partition coefficient (Wildman–Crippen LogP) is 0.329. The van der Waals surface area contributed by atoms with E-state index in [1.54, 1.807) is 11.8 Å². The standard InChI is InChI=1S/C19H36N4O5S/c1-6-12(4)16(23-17(26)13(20)7-8-29-5)19(28)22-14(9-11(2)3)18(27)21-10-15(24)25/h11-14,16H,6-10,20H2,1-5H3,(H,21,27)(H,22,28)(H,23,26)(H,24,25). The maximum absolute atomic E-state index is 12.9. The molecule has 0 saturated carbocycles. The lowest BCUT2D eigenvalue weighted by Crippen LogP contribution is -2.58. The number of nitrogens with one attached hydrogen (secondary N) is 3. The second-order valence-electron chi connectivity index (χ2n) is 7.56. The number of carbonyl (C=O) groups is 4. The largest absolute Gasteiger partial charge is 0.480 e. The van der Waals surface area contributed by atoms with Crippen LogP contribution in [0.25, 0.3) is 0 Å². The molecule has 6 N–H and O–H groups in total. The number of amides is 3. The van der Waals surface area contributed by atoms with E-state index in [-0.39, 0.29) is 11.8 Å². The molecule has 0 bridgehead atoms. The second kappa shape index (κ2) is 14.2. The number of rotatable bonds is 14. The maximum atomic E-state index is 12.9. The minimum absolute atomic E-state index is 0.0903. The van der Waals surface area contributed by atoms with Gasteiger partial charge in [0.2, 0.25) is 17.7 Å². The van der Waals surface area contributed by atoms with Gasteiger partial charge in [0.05, 0.1) is 6.04 Å². The van der Waals surface area contributed by atoms with Crippen molar-refractivity contribution in [2.45, 2.75) is 65.1 Å². The minimum Gasteiger partial charge on any atom is -0.480 e. The molecular formula is C19H36N4O5S. The van der Waals surface area contributed by atoms with E-state index < -0.39 is 48.4 Å². The molecular weight excluding hydrogens is 396 g/mol. The molecule has 3 amide bonds. The zero-order chi connectivity index (χ0) is 22.6. The monoisotopic (exact) mass is 432 g/mol. The van der Waals surface area contributed by atoms with Crippen LogP contribution in [0.4, 0.5) is 0 Å². The Balaban J connectivity index is 5.24. The Morgan fingerprint density at radius 2 is 1.66 bits per heavy atom. The molecule has 0 aliphatic rings. The third-order valence-corrected chi connectivity index (χ3v) is 5.16. The Labute approximate surface area is 177 Å². The molecule has 0 aliphatic carbocycles. The van der Waals surface area contributed by atoms with E-state index in [2.05, 4.69) is 16.0 Å². The first kappa shape index (κ1) is 27.2. The highest BCUT2D eigenvalue weighted by Gasteiger charge is 2.31. The van der Waals surface area contributed by atoms with E-state index in [4.69, 9.17) is 10.8 Å². The third-order valence-electron chi connectivity index (χ3n) is 4.52. The van der Waals surface area contributed by atoms with Gasteiger partial charge in [-0.1, -0.05) is 34.1 Å². The second-order valence-corrected chi connectivity index (χ2v) is 8.55. The van der Waals surface area contributed by atoms with Crippen molar-refractivity contribution in [3.63, 3.8) is 0 Å². The lowest BCUT2D eigenvalue weighted by Gasteiger charge is -2.28. The summed E-state index contributed by atoms with van der Waals surface area (Å²) in [6, 6.07) is -2.45. The fraction of sp³-hybridized carbons (Fsp3) is 0.789. The van der Waals surface area contributed by atoms with Crippen LogP contribution in [0.3, 0.4) is 0 Å². The normalized spacial score (nSPS) is 15.1. The number of carbonyl (C=O) groups excluding carboxylic acids is 3. The van der Waals surface area contributed by atoms with Crippen molar-refractivity contribution < 1.29 is 24.3 Å². The van der Waals surface area contributed by atoms with Gasteiger partial charge in [-0.25, -0.2) is 0 Å². The maximum Gasteiger partial charge on any atom is 0.322 e. The molecule has 29 heavy (non-hydrogen) atoms. The van der Waals surface area contributed by atoms with Gasteiger partial charge >= 0.3 is 5.97 Å². The summed E-state index contributed by atoms with van der Waals surface area (Å²) in [5, 5.41) is 16.4. The molecule has 0 rings (SSSR count). The van der Waals surface area contributed by atoms with Crippen molar-refractivity contribution in [1.82, 2.24) is 16.0 Å². The third kappa shape index (κ3) is 11.1. The molecule has 0 aliphatic heterocycles. The highest BCUT2D eigenvalue weighted by atomic mass is 32.2. The summed E-state index contributed by atoms with van der Waals surface area (Å²) in [5.74, 6) is -1.98. The Kier molecular flexibility index (Phi) is 13.3. The predicted molar refractivity (Wildman–Crippen MR) is 114 cm³/mol. The van der Waals surface area contributed by atoms with E-state index in [1.807, 2.05) is 34.0 Å². The first-order valence-electron chi connectivity index (χ1n) is 9.88. The van der Waals surface area contributed by atoms with Gasteiger partial charge in [-0.3, -0.25) is 19.2 Å². The molecule has 4 atom stereocenters. The highest BCUT2D eigenvalue weighted by Crippen LogP contribution is 2.11. The summed E-state index contributed by atoms with van der Waals surface area (Å²) >= 11 is 1.58. The SMILES string of the molecule is CCC(C)C(NC(=O)C(N)CCSC)C(=O)NC(CC(C)C)C(=O)NCC(=O)O. The minimum atomic E-state index is -1.17. The van der Waals surface area contributed by atoms with Gasteiger partial charge in [0.1, 0.15) is 18.6 Å². The van der Waals surface area contributed by atoms with E-state index in [9.17, 15) is 19.2 Å². The van der Waals surface area contributed by atoms with Crippen molar-refractivity contribution in [3.8, 4) is 0 Å². The molecule has 0 saturated heterocycles. The van der Waals surface area contributed by atoms with Crippen molar-refractivity contribution in [1.29, 1.82) is 0 Å². The lowest BCUT2D eigenvalue weighted by atomic mass is 9.96. The van der Waals surface area contributed by atoms with Crippen LogP contribution in [0.15, 0.2) is 0 Å². The topological polar surface area (TPSA) is 151 Å². The molecule has 0 heterocycles. The number of thioether (sulfide) groups is 1. The van der Waals surface area contributed by atoms with Gasteiger partial charge in [-0.15, -0.1) is 0 Å². The molecule has 0 aromatic heterocycles. The van der Waals surface area contributed by atoms with Gasteiger partial charge in [0.25, 0.3) is 0 Å². The molecule has 10 heteroatoms. The highest BCUT2D eigenvalue weighted by molar-refractivity contribution is 7.98. The fourth-order valence-corrected chi connectivity index (χ4v) is 3.08. The molecule has 9 nitrogen and oxygen atoms in total. The molecule has 0 fully saturated rings. The number of carboxylic acid groups (broad SMARTS) is 1. The number of carboxylic acids is 1. The molecule has 168 valence electrons. The number of hydrogen-bond acceptors (Lipinski definition) is 6. The summed E-state index contributed by atoms with van der Waals surface area (Å²) in [4.78, 5) is 48.3. The Hall–Kier alpha value is -1.81. The summed E-state index contributed by atoms with van der Waals surface area (Å²) in [7, 11) is 0. The lowest BCUT2D eigenvalue weighted by molar-refractivity contribution is -0.138. The van der Waals surface area contributed by atoms with Gasteiger partial charge in [0.15, 0.2) is 0 Å². The zero-order valence-corrected chi connectivity index (χ0v) is 18.8. The van der Waals surface area contributed by atoms with Crippen LogP contribution in [-0.2, 0) is 19.2 Å². The summed E-state index contributed by atoms with van der Waals surface area (Å²) < 4.78 is 0. The van der Waals surface area contributed by atoms with Crippen LogP contribution >= 0.6 is 11.8 Å². The molecule has 0 aromatic rings. The van der Waals surface area contributed by atoms with Gasteiger partial charge < -0.3 is 26.8 Å². The summed E-state index contributed by atoms with van der Waals surface area (Å²) in [6.45, 7) is 6.99. The van der Waals surface area contributed by atoms with Crippen molar-refractivity contribution in [2.75, 3.05) is 18.6 Å². The first-order chi connectivity index (χ1) is 13.5. The van der Waals surface area contributed by atoms with Gasteiger partial charge in [0, 0.05) is 0 Å². The average molecular weight is 433 g/mol. The molecule has 0 aromatic carbocycles. The quantitative estimate of drug-likeness (QED) is 0.265. The van der Waals surface area contributed by atoms with Crippen molar-refractivity contribution in [3.05, 3.63) is 0 Å². The van der Waals surface area contributed by atoms with Gasteiger partial charge in [-0.05, 0) is 36.7 Å². The summed E-state index contributed by atoms with van der Waals surface area (Å²) in [6.07, 6.45) is 3.39. The van der Waals surface area contributed by atoms with Crippen LogP contribution in [-0.4, -0.2) is 65.5 Å². The number of aliphatic carboxylic acids is 1. The Morgan fingerprint density at radius 3 is 2.14 bits per heavy atom. The Morgan fingerprint density at radius 1 is 1.03 bits per heavy atom. The first-order valence-corrected chi connectivity index (χ1v) is 11.3. The van der Waals surface area contributed by atoms with E-state index >= 15 is 0 Å². The molecule has 0 spiro atoms. The molecule has 0 radical (unpaired) electrons. The number of hydrogen-bond donors (Lipinski definition) is 5.